The van der Waals surface area contributed by atoms with Gasteiger partial charge in [0.2, 0.25) is 5.91 Å². The molecule has 26 heavy (non-hydrogen) atoms. The number of hydrogen-bond donors (Lipinski definition) is 1. The average Bonchev–Trinajstić information content (AvgIpc) is 3.12. The normalized spacial score (nSPS) is 13.3. The Hall–Kier alpha value is -3.48. The van der Waals surface area contributed by atoms with Crippen LogP contribution in [-0.4, -0.2) is 38.6 Å². The van der Waals surface area contributed by atoms with Crippen molar-refractivity contribution in [1.82, 2.24) is 14.3 Å². The largest absolute Gasteiger partial charge is 0.323 e. The van der Waals surface area contributed by atoms with Gasteiger partial charge < -0.3 is 9.72 Å². The molecule has 1 aromatic carbocycles. The smallest absolute Gasteiger partial charge is 0.261 e. The number of hydrogen-bond acceptors (Lipinski definition) is 4. The maximum Gasteiger partial charge on any atom is 0.261 e. The molecule has 1 N–H and O–H groups in total. The van der Waals surface area contributed by atoms with Crippen molar-refractivity contribution in [3.63, 3.8) is 0 Å². The van der Waals surface area contributed by atoms with Gasteiger partial charge in [0.05, 0.1) is 22.5 Å². The van der Waals surface area contributed by atoms with Gasteiger partial charge in [0, 0.05) is 25.4 Å². The third-order valence-corrected chi connectivity index (χ3v) is 4.32. The number of aryl methyl sites for hydroxylation is 1. The highest BCUT2D eigenvalue weighted by Gasteiger charge is 2.34. The SMILES string of the molecule is Cc1cn2cccc(NC(=O)CCN3C(=O)c4ccccc4C3=O)c2n1. The minimum Gasteiger partial charge on any atom is -0.323 e. The lowest BCUT2D eigenvalue weighted by molar-refractivity contribution is -0.116. The zero-order valence-corrected chi connectivity index (χ0v) is 14.1. The number of anilines is 1. The third kappa shape index (κ3) is 2.63. The van der Waals surface area contributed by atoms with Crippen molar-refractivity contribution >= 4 is 29.1 Å². The Labute approximate surface area is 149 Å². The lowest BCUT2D eigenvalue weighted by Gasteiger charge is -2.13. The number of imidazole rings is 1. The number of amides is 3. The van der Waals surface area contributed by atoms with E-state index in [4.69, 9.17) is 0 Å². The Kier molecular flexibility index (Phi) is 3.76. The Morgan fingerprint density at radius 3 is 2.46 bits per heavy atom. The van der Waals surface area contributed by atoms with Crippen molar-refractivity contribution < 1.29 is 14.4 Å². The van der Waals surface area contributed by atoms with Gasteiger partial charge in [-0.25, -0.2) is 4.98 Å². The molecular weight excluding hydrogens is 332 g/mol. The molecule has 1 aliphatic heterocycles. The van der Waals surface area contributed by atoms with E-state index in [1.54, 1.807) is 30.3 Å². The topological polar surface area (TPSA) is 83.8 Å². The molecule has 0 unspecified atom stereocenters. The fourth-order valence-electron chi connectivity index (χ4n) is 3.10. The summed E-state index contributed by atoms with van der Waals surface area (Å²) in [4.78, 5) is 42.4. The molecule has 130 valence electrons. The van der Waals surface area contributed by atoms with E-state index >= 15 is 0 Å². The summed E-state index contributed by atoms with van der Waals surface area (Å²) in [6.07, 6.45) is 3.74. The molecule has 3 amide bonds. The van der Waals surface area contributed by atoms with E-state index in [1.165, 1.54) is 0 Å². The van der Waals surface area contributed by atoms with Crippen LogP contribution in [0.2, 0.25) is 0 Å². The lowest BCUT2D eigenvalue weighted by Crippen LogP contribution is -2.32. The summed E-state index contributed by atoms with van der Waals surface area (Å²) < 4.78 is 1.83. The van der Waals surface area contributed by atoms with Crippen molar-refractivity contribution in [2.24, 2.45) is 0 Å². The van der Waals surface area contributed by atoms with Crippen LogP contribution in [0.3, 0.4) is 0 Å². The van der Waals surface area contributed by atoms with Crippen LogP contribution >= 0.6 is 0 Å². The number of carbonyl (C=O) groups excluding carboxylic acids is 3. The predicted octanol–water partition coefficient (Wildman–Crippen LogP) is 2.27. The molecule has 7 nitrogen and oxygen atoms in total. The first-order chi connectivity index (χ1) is 12.5. The molecule has 3 aromatic rings. The number of nitrogens with one attached hydrogen (secondary N) is 1. The predicted molar refractivity (Wildman–Crippen MR) is 95.0 cm³/mol. The number of carbonyl (C=O) groups is 3. The highest BCUT2D eigenvalue weighted by Crippen LogP contribution is 2.22. The highest BCUT2D eigenvalue weighted by molar-refractivity contribution is 6.21. The Bertz CT molecular complexity index is 1020. The second-order valence-electron chi connectivity index (χ2n) is 6.14. The van der Waals surface area contributed by atoms with E-state index in [9.17, 15) is 14.4 Å². The van der Waals surface area contributed by atoms with Crippen molar-refractivity contribution in [3.05, 3.63) is 65.6 Å². The van der Waals surface area contributed by atoms with E-state index in [2.05, 4.69) is 10.3 Å². The zero-order chi connectivity index (χ0) is 18.3. The monoisotopic (exact) mass is 348 g/mol. The number of pyridine rings is 1. The molecule has 0 bridgehead atoms. The quantitative estimate of drug-likeness (QED) is 0.733. The van der Waals surface area contributed by atoms with E-state index in [1.807, 2.05) is 29.8 Å². The highest BCUT2D eigenvalue weighted by atomic mass is 16.2. The fraction of sp³-hybridized carbons (Fsp3) is 0.158. The van der Waals surface area contributed by atoms with Gasteiger partial charge in [-0.05, 0) is 31.2 Å². The molecule has 0 saturated heterocycles. The van der Waals surface area contributed by atoms with Gasteiger partial charge in [0.1, 0.15) is 0 Å². The number of imide groups is 1. The van der Waals surface area contributed by atoms with Crippen LogP contribution in [0.15, 0.2) is 48.8 Å². The second kappa shape index (κ2) is 6.11. The van der Waals surface area contributed by atoms with Crippen LogP contribution in [-0.2, 0) is 4.79 Å². The molecular formula is C19H16N4O3. The molecule has 3 heterocycles. The summed E-state index contributed by atoms with van der Waals surface area (Å²) >= 11 is 0. The van der Waals surface area contributed by atoms with E-state index in [-0.39, 0.29) is 30.7 Å². The maximum absolute atomic E-state index is 12.3. The Morgan fingerprint density at radius 1 is 1.08 bits per heavy atom. The molecule has 4 rings (SSSR count). The summed E-state index contributed by atoms with van der Waals surface area (Å²) in [6, 6.07) is 10.3. The zero-order valence-electron chi connectivity index (χ0n) is 14.1. The van der Waals surface area contributed by atoms with Gasteiger partial charge >= 0.3 is 0 Å². The molecule has 0 radical (unpaired) electrons. The standard InChI is InChI=1S/C19H16N4O3/c1-12-11-22-9-4-7-15(17(22)20-12)21-16(24)8-10-23-18(25)13-5-2-3-6-14(13)19(23)26/h2-7,9,11H,8,10H2,1H3,(H,21,24). The number of benzene rings is 1. The number of fused-ring (bicyclic) bond motifs is 2. The van der Waals surface area contributed by atoms with Gasteiger partial charge in [-0.1, -0.05) is 12.1 Å². The first-order valence-electron chi connectivity index (χ1n) is 8.24. The van der Waals surface area contributed by atoms with Gasteiger partial charge in [0.25, 0.3) is 11.8 Å². The molecule has 0 atom stereocenters. The van der Waals surface area contributed by atoms with Crippen LogP contribution in [0.5, 0.6) is 0 Å². The summed E-state index contributed by atoms with van der Waals surface area (Å²) in [5.41, 5.74) is 2.86. The van der Waals surface area contributed by atoms with Gasteiger partial charge in [-0.3, -0.25) is 19.3 Å². The summed E-state index contributed by atoms with van der Waals surface area (Å²) in [5, 5.41) is 2.80. The van der Waals surface area contributed by atoms with Crippen LogP contribution in [0.4, 0.5) is 5.69 Å². The van der Waals surface area contributed by atoms with Crippen molar-refractivity contribution in [3.8, 4) is 0 Å². The van der Waals surface area contributed by atoms with Crippen LogP contribution in [0, 0.1) is 6.92 Å². The van der Waals surface area contributed by atoms with Gasteiger partial charge in [-0.15, -0.1) is 0 Å². The van der Waals surface area contributed by atoms with Crippen molar-refractivity contribution in [2.45, 2.75) is 13.3 Å². The second-order valence-corrected chi connectivity index (χ2v) is 6.14. The number of aromatic nitrogens is 2. The summed E-state index contributed by atoms with van der Waals surface area (Å²) in [7, 11) is 0. The molecule has 0 spiro atoms. The lowest BCUT2D eigenvalue weighted by atomic mass is 10.1. The number of nitrogens with zero attached hydrogens (tertiary/aromatic N) is 3. The van der Waals surface area contributed by atoms with Crippen LogP contribution in [0.25, 0.3) is 5.65 Å². The Balaban J connectivity index is 1.45. The third-order valence-electron chi connectivity index (χ3n) is 4.32. The minimum absolute atomic E-state index is 0.0201. The molecule has 2 aromatic heterocycles. The summed E-state index contributed by atoms with van der Waals surface area (Å²) in [5.74, 6) is -0.996. The van der Waals surface area contributed by atoms with Gasteiger partial charge in [-0.2, -0.15) is 0 Å². The average molecular weight is 348 g/mol. The Morgan fingerprint density at radius 2 is 1.77 bits per heavy atom. The van der Waals surface area contributed by atoms with Crippen LogP contribution < -0.4 is 5.32 Å². The first-order valence-corrected chi connectivity index (χ1v) is 8.24. The maximum atomic E-state index is 12.3. The van der Waals surface area contributed by atoms with Crippen molar-refractivity contribution in [1.29, 1.82) is 0 Å². The van der Waals surface area contributed by atoms with E-state index in [0.29, 0.717) is 22.5 Å². The fourth-order valence-corrected chi connectivity index (χ4v) is 3.10. The van der Waals surface area contributed by atoms with Gasteiger partial charge in [0.15, 0.2) is 5.65 Å². The van der Waals surface area contributed by atoms with Crippen molar-refractivity contribution in [2.75, 3.05) is 11.9 Å². The first kappa shape index (κ1) is 16.0. The molecule has 0 fully saturated rings. The number of rotatable bonds is 4. The summed E-state index contributed by atoms with van der Waals surface area (Å²) in [6.45, 7) is 1.91. The molecule has 1 aliphatic rings. The van der Waals surface area contributed by atoms with E-state index < -0.39 is 0 Å². The van der Waals surface area contributed by atoms with Crippen LogP contribution in [0.1, 0.15) is 32.8 Å². The molecule has 0 saturated carbocycles. The molecule has 0 aliphatic carbocycles. The molecule has 7 heteroatoms. The minimum atomic E-state index is -0.357. The van der Waals surface area contributed by atoms with E-state index in [0.717, 1.165) is 10.6 Å².